The fourth-order valence-corrected chi connectivity index (χ4v) is 6.24. The van der Waals surface area contributed by atoms with E-state index in [4.69, 9.17) is 5.11 Å². The molecule has 0 aliphatic heterocycles. The average Bonchev–Trinajstić information content (AvgIpc) is 3.43. The highest BCUT2D eigenvalue weighted by atomic mass is 19.1. The number of aromatic nitrogens is 3. The van der Waals surface area contributed by atoms with E-state index in [2.05, 4.69) is 15.0 Å². The lowest BCUT2D eigenvalue weighted by Gasteiger charge is -2.31. The molecule has 7 heteroatoms. The van der Waals surface area contributed by atoms with Gasteiger partial charge >= 0.3 is 0 Å². The van der Waals surface area contributed by atoms with Crippen molar-refractivity contribution in [3.05, 3.63) is 65.6 Å². The number of hydrogen-bond donors (Lipinski definition) is 1. The zero-order chi connectivity index (χ0) is 24.7. The minimum Gasteiger partial charge on any atom is -0.388 e. The summed E-state index contributed by atoms with van der Waals surface area (Å²) in [6.45, 7) is 3.47. The molecule has 0 radical (unpaired) electrons. The Balaban J connectivity index is 1.24. The first kappa shape index (κ1) is 23.7. The van der Waals surface area contributed by atoms with Gasteiger partial charge in [-0.05, 0) is 79.2 Å². The van der Waals surface area contributed by atoms with Crippen molar-refractivity contribution in [3.63, 3.8) is 0 Å². The van der Waals surface area contributed by atoms with E-state index < -0.39 is 17.8 Å². The second kappa shape index (κ2) is 9.19. The van der Waals surface area contributed by atoms with Gasteiger partial charge in [-0.25, -0.2) is 14.4 Å². The first-order chi connectivity index (χ1) is 16.8. The highest BCUT2D eigenvalue weighted by Crippen LogP contribution is 2.56. The Kier molecular flexibility index (Phi) is 6.21. The molecule has 2 aliphatic carbocycles. The minimum atomic E-state index is -0.589. The average molecular weight is 476 g/mol. The van der Waals surface area contributed by atoms with Crippen LogP contribution in [0.5, 0.6) is 0 Å². The van der Waals surface area contributed by atoms with E-state index in [1.54, 1.807) is 12.1 Å². The number of nitrogens with zero attached hydrogens (tertiary/aromatic N) is 3. The third kappa shape index (κ3) is 4.49. The Labute approximate surface area is 204 Å². The number of Topliss-reactive ketones (excluding diaryl/α,β-unsaturated/α-hetero) is 2. The van der Waals surface area contributed by atoms with Crippen molar-refractivity contribution >= 4 is 22.5 Å². The van der Waals surface area contributed by atoms with Gasteiger partial charge in [0.25, 0.3) is 0 Å². The number of hydrogen-bond acceptors (Lipinski definition) is 6. The van der Waals surface area contributed by atoms with E-state index in [1.807, 2.05) is 26.1 Å². The van der Waals surface area contributed by atoms with E-state index in [9.17, 15) is 14.0 Å². The molecule has 0 amide bonds. The van der Waals surface area contributed by atoms with Crippen molar-refractivity contribution in [2.24, 2.45) is 23.2 Å². The van der Waals surface area contributed by atoms with E-state index >= 15 is 0 Å². The first-order valence-corrected chi connectivity index (χ1v) is 12.3. The van der Waals surface area contributed by atoms with Gasteiger partial charge in [-0.3, -0.25) is 14.6 Å². The van der Waals surface area contributed by atoms with Crippen molar-refractivity contribution in [2.45, 2.75) is 51.9 Å². The summed E-state index contributed by atoms with van der Waals surface area (Å²) >= 11 is 0. The van der Waals surface area contributed by atoms with Gasteiger partial charge in [0.15, 0.2) is 5.78 Å². The summed E-state index contributed by atoms with van der Waals surface area (Å²) in [5.74, 6) is 1.65. The molecule has 0 spiro atoms. The summed E-state index contributed by atoms with van der Waals surface area (Å²) in [5.41, 5.74) is 1.78. The number of aliphatic hydroxyl groups is 1. The van der Waals surface area contributed by atoms with E-state index in [0.717, 1.165) is 36.6 Å². The second-order valence-corrected chi connectivity index (χ2v) is 10.7. The Morgan fingerprint density at radius 3 is 2.37 bits per heavy atom. The van der Waals surface area contributed by atoms with Crippen LogP contribution in [0.25, 0.3) is 10.9 Å². The molecule has 182 valence electrons. The van der Waals surface area contributed by atoms with Crippen LogP contribution in [0.15, 0.2) is 42.9 Å². The minimum absolute atomic E-state index is 0.107. The smallest absolute Gasteiger partial charge is 0.191 e. The quantitative estimate of drug-likeness (QED) is 0.498. The van der Waals surface area contributed by atoms with Crippen molar-refractivity contribution < 1.29 is 19.1 Å². The highest BCUT2D eigenvalue weighted by molar-refractivity contribution is 5.96. The van der Waals surface area contributed by atoms with Gasteiger partial charge in [0.2, 0.25) is 0 Å². The van der Waals surface area contributed by atoms with Crippen LogP contribution in [0, 0.1) is 29.0 Å². The molecule has 2 unspecified atom stereocenters. The Morgan fingerprint density at radius 2 is 1.71 bits per heavy atom. The number of rotatable bonds is 7. The number of ketones is 2. The molecule has 2 aliphatic rings. The molecule has 6 nitrogen and oxygen atoms in total. The monoisotopic (exact) mass is 475 g/mol. The molecule has 1 aromatic carbocycles. The predicted octanol–water partition coefficient (Wildman–Crippen LogP) is 4.70. The van der Waals surface area contributed by atoms with Crippen molar-refractivity contribution in [1.29, 1.82) is 0 Å². The molecule has 2 saturated carbocycles. The van der Waals surface area contributed by atoms with Gasteiger partial charge in [-0.1, -0.05) is 13.8 Å². The van der Waals surface area contributed by atoms with Crippen molar-refractivity contribution in [2.75, 3.05) is 6.61 Å². The fourth-order valence-electron chi connectivity index (χ4n) is 6.24. The van der Waals surface area contributed by atoms with Crippen LogP contribution in [-0.4, -0.2) is 38.2 Å². The van der Waals surface area contributed by atoms with E-state index in [1.165, 1.54) is 24.0 Å². The summed E-state index contributed by atoms with van der Waals surface area (Å²) in [6.07, 6.45) is 8.84. The molecule has 4 atom stereocenters. The first-order valence-electron chi connectivity index (χ1n) is 12.3. The number of carbonyl (C=O) groups is 2. The van der Waals surface area contributed by atoms with Crippen LogP contribution < -0.4 is 0 Å². The van der Waals surface area contributed by atoms with Crippen LogP contribution in [0.1, 0.15) is 67.2 Å². The number of benzene rings is 1. The molecule has 2 heterocycles. The van der Waals surface area contributed by atoms with E-state index in [-0.39, 0.29) is 23.6 Å². The summed E-state index contributed by atoms with van der Waals surface area (Å²) in [6, 6.07) is 6.85. The zero-order valence-corrected chi connectivity index (χ0v) is 20.1. The highest BCUT2D eigenvalue weighted by Gasteiger charge is 2.48. The molecule has 0 bridgehead atoms. The molecule has 0 saturated heterocycles. The number of aliphatic hydroxyl groups excluding tert-OH is 1. The van der Waals surface area contributed by atoms with Crippen LogP contribution in [0.2, 0.25) is 0 Å². The molecule has 3 aromatic rings. The molecule has 5 rings (SSSR count). The number of pyridine rings is 1. The summed E-state index contributed by atoms with van der Waals surface area (Å²) < 4.78 is 13.9. The van der Waals surface area contributed by atoms with Gasteiger partial charge in [0.1, 0.15) is 24.0 Å². The normalized spacial score (nSPS) is 24.0. The van der Waals surface area contributed by atoms with E-state index in [0.29, 0.717) is 29.5 Å². The largest absolute Gasteiger partial charge is 0.388 e. The molecular weight excluding hydrogens is 445 g/mol. The van der Waals surface area contributed by atoms with Gasteiger partial charge in [0.05, 0.1) is 17.5 Å². The third-order valence-electron chi connectivity index (χ3n) is 8.42. The van der Waals surface area contributed by atoms with Crippen LogP contribution in [-0.2, 0) is 11.2 Å². The van der Waals surface area contributed by atoms with Gasteiger partial charge < -0.3 is 5.11 Å². The topological polar surface area (TPSA) is 93.0 Å². The maximum absolute atomic E-state index is 13.9. The molecule has 2 aromatic heterocycles. The van der Waals surface area contributed by atoms with Crippen LogP contribution in [0.4, 0.5) is 4.39 Å². The van der Waals surface area contributed by atoms with Gasteiger partial charge in [-0.15, -0.1) is 0 Å². The molecular formula is C28H30FN3O3. The number of halogens is 1. The lowest BCUT2D eigenvalue weighted by molar-refractivity contribution is -0.129. The van der Waals surface area contributed by atoms with Crippen LogP contribution >= 0.6 is 0 Å². The standard InChI is InChI=1S/C28H30FN3O3/c1-28(2,26(35)12-27-31-13-19(14-32-27)25(34)15-33)20-9-16-7-18(8-17(16)10-20)22-5-6-30-24-4-3-21(29)11-23(22)24/h3-6,11,13-14,16-18,20,33H,7-10,12,15H2,1-2H3/t16-,17+,18?,20?. The predicted molar refractivity (Wildman–Crippen MR) is 129 cm³/mol. The van der Waals surface area contributed by atoms with Gasteiger partial charge in [-0.2, -0.15) is 0 Å². The third-order valence-corrected chi connectivity index (χ3v) is 8.42. The fraction of sp³-hybridized carbons (Fsp3) is 0.464. The zero-order valence-electron chi connectivity index (χ0n) is 20.1. The summed E-state index contributed by atoms with van der Waals surface area (Å²) in [5, 5.41) is 9.87. The second-order valence-electron chi connectivity index (χ2n) is 10.7. The van der Waals surface area contributed by atoms with Gasteiger partial charge in [0, 0.05) is 29.4 Å². The molecule has 1 N–H and O–H groups in total. The Bertz CT molecular complexity index is 1260. The molecule has 2 fully saturated rings. The summed E-state index contributed by atoms with van der Waals surface area (Å²) in [4.78, 5) is 37.5. The molecule has 35 heavy (non-hydrogen) atoms. The SMILES string of the molecule is CC(C)(C(=O)Cc1ncc(C(=O)CO)cn1)C1C[C@H]2CC(c3ccnc4ccc(F)cc34)C[C@H]2C1. The lowest BCUT2D eigenvalue weighted by atomic mass is 9.72. The van der Waals surface area contributed by atoms with Crippen LogP contribution in [0.3, 0.4) is 0 Å². The number of fused-ring (bicyclic) bond motifs is 2. The lowest BCUT2D eigenvalue weighted by Crippen LogP contribution is -2.34. The Hall–Kier alpha value is -3.06. The maximum Gasteiger partial charge on any atom is 0.191 e. The van der Waals surface area contributed by atoms with Crippen molar-refractivity contribution in [1.82, 2.24) is 15.0 Å². The maximum atomic E-state index is 13.9. The summed E-state index contributed by atoms with van der Waals surface area (Å²) in [7, 11) is 0. The Morgan fingerprint density at radius 1 is 1.03 bits per heavy atom. The number of carbonyl (C=O) groups excluding carboxylic acids is 2. The van der Waals surface area contributed by atoms with Crippen molar-refractivity contribution in [3.8, 4) is 0 Å².